The van der Waals surface area contributed by atoms with Crippen LogP contribution in [-0.2, 0) is 6.42 Å². The predicted octanol–water partition coefficient (Wildman–Crippen LogP) is 3.85. The van der Waals surface area contributed by atoms with Crippen molar-refractivity contribution >= 4 is 27.5 Å². The highest BCUT2D eigenvalue weighted by molar-refractivity contribution is 7.17. The van der Waals surface area contributed by atoms with Gasteiger partial charge in [0.25, 0.3) is 5.91 Å². The lowest BCUT2D eigenvalue weighted by molar-refractivity contribution is 0.0943. The molecule has 0 bridgehead atoms. The van der Waals surface area contributed by atoms with E-state index in [1.807, 2.05) is 18.2 Å². The second-order valence-corrected chi connectivity index (χ2v) is 6.20. The minimum absolute atomic E-state index is 0.0290. The van der Waals surface area contributed by atoms with Gasteiger partial charge in [0, 0.05) is 19.0 Å². The predicted molar refractivity (Wildman–Crippen MR) is 84.9 cm³/mol. The van der Waals surface area contributed by atoms with Gasteiger partial charge >= 0.3 is 0 Å². The van der Waals surface area contributed by atoms with E-state index in [2.05, 4.69) is 35.2 Å². The van der Waals surface area contributed by atoms with E-state index in [1.165, 1.54) is 0 Å². The van der Waals surface area contributed by atoms with E-state index in [0.717, 1.165) is 21.7 Å². The molecular formula is C16H18N2O2S. The number of nitrogens with one attached hydrogen (secondary N) is 1. The molecule has 0 spiro atoms. The van der Waals surface area contributed by atoms with Gasteiger partial charge in [-0.25, -0.2) is 0 Å². The van der Waals surface area contributed by atoms with Crippen molar-refractivity contribution in [1.29, 1.82) is 0 Å². The molecule has 3 aromatic heterocycles. The molecule has 0 aromatic carbocycles. The van der Waals surface area contributed by atoms with Crippen LogP contribution in [0.5, 0.6) is 0 Å². The SMILES string of the molecule is CC(C)n1c(C(=O)NCCc2ccco2)cc2sccc21. The Bertz CT molecular complexity index is 738. The molecule has 0 fully saturated rings. The third-order valence-electron chi connectivity index (χ3n) is 3.45. The van der Waals surface area contributed by atoms with Gasteiger partial charge in [0.15, 0.2) is 0 Å². The van der Waals surface area contributed by atoms with Crippen molar-refractivity contribution in [2.45, 2.75) is 26.3 Å². The zero-order valence-electron chi connectivity index (χ0n) is 12.1. The first-order valence-corrected chi connectivity index (χ1v) is 7.94. The van der Waals surface area contributed by atoms with Crippen molar-refractivity contribution < 1.29 is 9.21 Å². The molecule has 21 heavy (non-hydrogen) atoms. The topological polar surface area (TPSA) is 47.2 Å². The number of carbonyl (C=O) groups is 1. The van der Waals surface area contributed by atoms with Gasteiger partial charge in [0.05, 0.1) is 16.5 Å². The van der Waals surface area contributed by atoms with Crippen LogP contribution in [-0.4, -0.2) is 17.0 Å². The maximum Gasteiger partial charge on any atom is 0.267 e. The lowest BCUT2D eigenvalue weighted by Crippen LogP contribution is -2.28. The summed E-state index contributed by atoms with van der Waals surface area (Å²) >= 11 is 1.66. The maximum absolute atomic E-state index is 12.4. The average Bonchev–Trinajstić information content (AvgIpc) is 3.13. The quantitative estimate of drug-likeness (QED) is 0.778. The molecule has 3 heterocycles. The fourth-order valence-electron chi connectivity index (χ4n) is 2.52. The summed E-state index contributed by atoms with van der Waals surface area (Å²) in [5.74, 6) is 0.856. The van der Waals surface area contributed by atoms with Crippen molar-refractivity contribution in [2.24, 2.45) is 0 Å². The monoisotopic (exact) mass is 302 g/mol. The van der Waals surface area contributed by atoms with E-state index >= 15 is 0 Å². The first-order chi connectivity index (χ1) is 10.2. The van der Waals surface area contributed by atoms with Crippen LogP contribution in [0.1, 0.15) is 36.1 Å². The number of nitrogens with zero attached hydrogens (tertiary/aromatic N) is 1. The van der Waals surface area contributed by atoms with Crippen molar-refractivity contribution in [3.63, 3.8) is 0 Å². The van der Waals surface area contributed by atoms with E-state index in [-0.39, 0.29) is 11.9 Å². The summed E-state index contributed by atoms with van der Waals surface area (Å²) in [5.41, 5.74) is 1.86. The number of fused-ring (bicyclic) bond motifs is 1. The van der Waals surface area contributed by atoms with E-state index in [0.29, 0.717) is 13.0 Å². The summed E-state index contributed by atoms with van der Waals surface area (Å²) in [6, 6.07) is 8.07. The second kappa shape index (κ2) is 5.77. The fourth-order valence-corrected chi connectivity index (χ4v) is 3.33. The number of thiophene rings is 1. The molecular weight excluding hydrogens is 284 g/mol. The first-order valence-electron chi connectivity index (χ1n) is 7.06. The largest absolute Gasteiger partial charge is 0.469 e. The highest BCUT2D eigenvalue weighted by atomic mass is 32.1. The normalized spacial score (nSPS) is 11.4. The molecule has 4 nitrogen and oxygen atoms in total. The van der Waals surface area contributed by atoms with E-state index in [9.17, 15) is 4.79 Å². The molecule has 0 unspecified atom stereocenters. The molecule has 1 amide bonds. The number of rotatable bonds is 5. The Morgan fingerprint density at radius 3 is 3.00 bits per heavy atom. The first kappa shape index (κ1) is 13.9. The van der Waals surface area contributed by atoms with Gasteiger partial charge in [0.2, 0.25) is 0 Å². The Hall–Kier alpha value is -2.01. The standard InChI is InChI=1S/C16H18N2O2S/c1-11(2)18-13-6-9-21-15(13)10-14(18)16(19)17-7-5-12-4-3-8-20-12/h3-4,6,8-11H,5,7H2,1-2H3,(H,17,19). The highest BCUT2D eigenvalue weighted by Gasteiger charge is 2.17. The van der Waals surface area contributed by atoms with Gasteiger partial charge in [-0.15, -0.1) is 11.3 Å². The average molecular weight is 302 g/mol. The fraction of sp³-hybridized carbons (Fsp3) is 0.312. The third-order valence-corrected chi connectivity index (χ3v) is 4.30. The molecule has 0 aliphatic heterocycles. The number of hydrogen-bond acceptors (Lipinski definition) is 3. The van der Waals surface area contributed by atoms with Gasteiger partial charge in [-0.3, -0.25) is 4.79 Å². The van der Waals surface area contributed by atoms with Crippen LogP contribution in [0.4, 0.5) is 0 Å². The highest BCUT2D eigenvalue weighted by Crippen LogP contribution is 2.28. The molecule has 3 rings (SSSR count). The van der Waals surface area contributed by atoms with Crippen LogP contribution in [0.25, 0.3) is 10.2 Å². The number of furan rings is 1. The van der Waals surface area contributed by atoms with Crippen LogP contribution in [0.15, 0.2) is 40.3 Å². The Balaban J connectivity index is 1.74. The van der Waals surface area contributed by atoms with Crippen LogP contribution >= 0.6 is 11.3 Å². The molecule has 0 saturated heterocycles. The maximum atomic E-state index is 12.4. The van der Waals surface area contributed by atoms with Crippen molar-refractivity contribution in [3.05, 3.63) is 47.4 Å². The van der Waals surface area contributed by atoms with E-state index in [1.54, 1.807) is 17.6 Å². The molecule has 0 aliphatic rings. The molecule has 1 N–H and O–H groups in total. The van der Waals surface area contributed by atoms with Crippen LogP contribution in [0.3, 0.4) is 0 Å². The molecule has 3 aromatic rings. The number of hydrogen-bond donors (Lipinski definition) is 1. The van der Waals surface area contributed by atoms with Gasteiger partial charge < -0.3 is 14.3 Å². The summed E-state index contributed by atoms with van der Waals surface area (Å²) in [6.45, 7) is 4.76. The Morgan fingerprint density at radius 1 is 1.43 bits per heavy atom. The Kier molecular flexibility index (Phi) is 3.84. The van der Waals surface area contributed by atoms with Crippen molar-refractivity contribution in [2.75, 3.05) is 6.54 Å². The number of amides is 1. The lowest BCUT2D eigenvalue weighted by Gasteiger charge is -2.13. The molecule has 0 saturated carbocycles. The van der Waals surface area contributed by atoms with Gasteiger partial charge in [0.1, 0.15) is 11.5 Å². The Labute approximate surface area is 127 Å². The Morgan fingerprint density at radius 2 is 2.29 bits per heavy atom. The van der Waals surface area contributed by atoms with Crippen molar-refractivity contribution in [3.8, 4) is 0 Å². The van der Waals surface area contributed by atoms with Crippen LogP contribution < -0.4 is 5.32 Å². The van der Waals surface area contributed by atoms with Crippen LogP contribution in [0, 0.1) is 0 Å². The summed E-state index contributed by atoms with van der Waals surface area (Å²) in [6.07, 6.45) is 2.35. The summed E-state index contributed by atoms with van der Waals surface area (Å²) in [4.78, 5) is 12.4. The van der Waals surface area contributed by atoms with Gasteiger partial charge in [-0.2, -0.15) is 0 Å². The molecule has 0 atom stereocenters. The van der Waals surface area contributed by atoms with Crippen LogP contribution in [0.2, 0.25) is 0 Å². The number of carbonyl (C=O) groups excluding carboxylic acids is 1. The summed E-state index contributed by atoms with van der Waals surface area (Å²) < 4.78 is 8.51. The van der Waals surface area contributed by atoms with Gasteiger partial charge in [-0.05, 0) is 43.5 Å². The van der Waals surface area contributed by atoms with E-state index < -0.39 is 0 Å². The molecule has 5 heteroatoms. The van der Waals surface area contributed by atoms with Crippen molar-refractivity contribution in [1.82, 2.24) is 9.88 Å². The lowest BCUT2D eigenvalue weighted by atomic mass is 10.3. The number of aromatic nitrogens is 1. The molecule has 0 radical (unpaired) electrons. The molecule has 110 valence electrons. The minimum Gasteiger partial charge on any atom is -0.469 e. The molecule has 0 aliphatic carbocycles. The summed E-state index contributed by atoms with van der Waals surface area (Å²) in [5, 5.41) is 5.03. The smallest absolute Gasteiger partial charge is 0.267 e. The minimum atomic E-state index is -0.0290. The second-order valence-electron chi connectivity index (χ2n) is 5.25. The third kappa shape index (κ3) is 2.74. The van der Waals surface area contributed by atoms with E-state index in [4.69, 9.17) is 4.42 Å². The zero-order chi connectivity index (χ0) is 14.8. The summed E-state index contributed by atoms with van der Waals surface area (Å²) in [7, 11) is 0. The van der Waals surface area contributed by atoms with Gasteiger partial charge in [-0.1, -0.05) is 0 Å². The zero-order valence-corrected chi connectivity index (χ0v) is 12.9.